The van der Waals surface area contributed by atoms with Crippen molar-refractivity contribution in [3.8, 4) is 5.69 Å². The van der Waals surface area contributed by atoms with Crippen molar-refractivity contribution in [1.82, 2.24) is 15.0 Å². The molecule has 0 aliphatic heterocycles. The average molecular weight is 613 g/mol. The van der Waals surface area contributed by atoms with Crippen LogP contribution in [0.25, 0.3) is 5.69 Å². The number of rotatable bonds is 2. The summed E-state index contributed by atoms with van der Waals surface area (Å²) in [6, 6.07) is 3.37. The summed E-state index contributed by atoms with van der Waals surface area (Å²) in [5.74, 6) is -0.413. The Kier molecular flexibility index (Phi) is 6.42. The van der Waals surface area contributed by atoms with Crippen LogP contribution in [0.5, 0.6) is 0 Å². The van der Waals surface area contributed by atoms with Gasteiger partial charge in [-0.2, -0.15) is 0 Å². The van der Waals surface area contributed by atoms with Crippen LogP contribution in [0.2, 0.25) is 15.3 Å². The van der Waals surface area contributed by atoms with Gasteiger partial charge in [-0.15, -0.1) is 0 Å². The molecule has 3 nitrogen and oxygen atoms in total. The van der Waals surface area contributed by atoms with Gasteiger partial charge in [-0.25, -0.2) is 0 Å². The van der Waals surface area contributed by atoms with Crippen molar-refractivity contribution in [2.75, 3.05) is 0 Å². The summed E-state index contributed by atoms with van der Waals surface area (Å²) in [7, 11) is 0. The van der Waals surface area contributed by atoms with E-state index in [1.54, 1.807) is 16.8 Å². The predicted octanol–water partition coefficient (Wildman–Crippen LogP) is 6.72. The van der Waals surface area contributed by atoms with Crippen LogP contribution in [0.4, 0.5) is 4.39 Å². The summed E-state index contributed by atoms with van der Waals surface area (Å²) in [5, 5.41) is 9.26. The molecule has 0 atom stereocenters. The van der Waals surface area contributed by atoms with Crippen LogP contribution in [0, 0.1) is 9.39 Å². The molecule has 0 aliphatic rings. The zero-order valence-electron chi connectivity index (χ0n) is 17.7. The molecule has 7 heteroatoms. The van der Waals surface area contributed by atoms with Gasteiger partial charge in [-0.3, -0.25) is 0 Å². The van der Waals surface area contributed by atoms with E-state index in [2.05, 4.69) is 67.5 Å². The molecule has 0 bridgehead atoms. The minimum absolute atomic E-state index is 0.121. The number of aromatic nitrogens is 3. The summed E-state index contributed by atoms with van der Waals surface area (Å²) in [6.45, 7) is 21.2. The Morgan fingerprint density at radius 3 is 1.89 bits per heavy atom. The normalized spacial score (nSPS) is 13.9. The number of hydrogen-bond acceptors (Lipinski definition) is 2. The maximum absolute atomic E-state index is 14.3. The molecule has 0 fully saturated rings. The van der Waals surface area contributed by atoms with Gasteiger partial charge in [0.2, 0.25) is 0 Å². The molecule has 2 rings (SSSR count). The average Bonchev–Trinajstić information content (AvgIpc) is 2.90. The summed E-state index contributed by atoms with van der Waals surface area (Å²) in [5.41, 5.74) is 0.674. The fourth-order valence-corrected chi connectivity index (χ4v) is 34.1. The van der Waals surface area contributed by atoms with Crippen molar-refractivity contribution in [1.29, 1.82) is 0 Å². The second-order valence-electron chi connectivity index (χ2n) is 10.2. The van der Waals surface area contributed by atoms with Gasteiger partial charge >= 0.3 is 187 Å². The Hall–Kier alpha value is 0.109. The third-order valence-electron chi connectivity index (χ3n) is 5.51. The van der Waals surface area contributed by atoms with E-state index in [0.29, 0.717) is 9.26 Å². The van der Waals surface area contributed by atoms with Gasteiger partial charge in [-0.05, 0) is 0 Å². The van der Waals surface area contributed by atoms with Gasteiger partial charge in [0, 0.05) is 0 Å². The molecule has 0 spiro atoms. The molecule has 0 unspecified atom stereocenters. The van der Waals surface area contributed by atoms with E-state index in [1.165, 1.54) is 0 Å². The van der Waals surface area contributed by atoms with E-state index >= 15 is 0 Å². The van der Waals surface area contributed by atoms with Crippen LogP contribution < -0.4 is 3.71 Å². The van der Waals surface area contributed by atoms with Crippen LogP contribution in [0.3, 0.4) is 0 Å². The summed E-state index contributed by atoms with van der Waals surface area (Å²) < 4.78 is 18.0. The van der Waals surface area contributed by atoms with E-state index in [0.717, 1.165) is 3.71 Å². The molecule has 2 aromatic rings. The van der Waals surface area contributed by atoms with E-state index in [-0.39, 0.29) is 15.3 Å². The van der Waals surface area contributed by atoms with E-state index in [4.69, 9.17) is 16.7 Å². The van der Waals surface area contributed by atoms with Gasteiger partial charge < -0.3 is 0 Å². The fourth-order valence-electron chi connectivity index (χ4n) is 5.77. The molecule has 0 amide bonds. The molecule has 0 saturated heterocycles. The molecule has 0 aliphatic carbocycles. The second kappa shape index (κ2) is 7.42. The predicted molar refractivity (Wildman–Crippen MR) is 124 cm³/mol. The van der Waals surface area contributed by atoms with Crippen molar-refractivity contribution < 1.29 is 4.39 Å². The van der Waals surface area contributed by atoms with Gasteiger partial charge in [0.15, 0.2) is 0 Å². The molecule has 0 N–H and O–H groups in total. The first kappa shape index (κ1) is 23.4. The first-order valence-electron chi connectivity index (χ1n) is 9.12. The zero-order valence-corrected chi connectivity index (χ0v) is 23.5. The fraction of sp³-hybridized carbons (Fsp3) is 0.600. The Labute approximate surface area is 185 Å². The number of hydrogen-bond donors (Lipinski definition) is 0. The first-order chi connectivity index (χ1) is 12.1. The third-order valence-corrected chi connectivity index (χ3v) is 28.9. The quantitative estimate of drug-likeness (QED) is 0.214. The van der Waals surface area contributed by atoms with Crippen molar-refractivity contribution in [3.05, 3.63) is 32.7 Å². The summed E-state index contributed by atoms with van der Waals surface area (Å²) >= 11 is 4.64. The van der Waals surface area contributed by atoms with Crippen molar-refractivity contribution in [2.45, 2.75) is 72.6 Å². The Balaban J connectivity index is 2.78. The summed E-state index contributed by atoms with van der Waals surface area (Å²) in [4.78, 5) is 0. The van der Waals surface area contributed by atoms with E-state index in [1.807, 2.05) is 28.8 Å². The molecule has 27 heavy (non-hydrogen) atoms. The van der Waals surface area contributed by atoms with Crippen LogP contribution in [0.1, 0.15) is 62.3 Å². The first-order valence-corrected chi connectivity index (χ1v) is 16.3. The second-order valence-corrected chi connectivity index (χ2v) is 30.3. The van der Waals surface area contributed by atoms with Gasteiger partial charge in [0.1, 0.15) is 0 Å². The monoisotopic (exact) mass is 613 g/mol. The van der Waals surface area contributed by atoms with Crippen LogP contribution >= 0.6 is 34.2 Å². The Morgan fingerprint density at radius 1 is 0.963 bits per heavy atom. The molecule has 1 aromatic carbocycles. The molecule has 1 aromatic heterocycles. The molecular formula is C20H30ClFIN3Sn. The van der Waals surface area contributed by atoms with Crippen LogP contribution in [-0.4, -0.2) is 33.4 Å². The molecule has 0 saturated carbocycles. The topological polar surface area (TPSA) is 30.7 Å². The van der Waals surface area contributed by atoms with Gasteiger partial charge in [-0.1, -0.05) is 0 Å². The van der Waals surface area contributed by atoms with Crippen molar-refractivity contribution in [3.63, 3.8) is 0 Å². The number of benzene rings is 1. The Morgan fingerprint density at radius 2 is 1.44 bits per heavy atom. The maximum atomic E-state index is 14.3. The van der Waals surface area contributed by atoms with Crippen molar-refractivity contribution in [2.24, 2.45) is 0 Å². The molecular weight excluding hydrogens is 582 g/mol. The van der Waals surface area contributed by atoms with E-state index < -0.39 is 24.2 Å². The third kappa shape index (κ3) is 3.81. The van der Waals surface area contributed by atoms with E-state index in [9.17, 15) is 4.39 Å². The van der Waals surface area contributed by atoms with Crippen LogP contribution in [-0.2, 0) is 0 Å². The molecule has 1 heterocycles. The molecule has 150 valence electrons. The minimum atomic E-state index is -3.26. The van der Waals surface area contributed by atoms with Crippen LogP contribution in [0.15, 0.2) is 18.3 Å². The van der Waals surface area contributed by atoms with Crippen molar-refractivity contribution >= 4 is 56.3 Å². The number of nitrogens with zero attached hydrogens (tertiary/aromatic N) is 3. The van der Waals surface area contributed by atoms with Gasteiger partial charge in [0.05, 0.1) is 0 Å². The van der Waals surface area contributed by atoms with Gasteiger partial charge in [0.25, 0.3) is 0 Å². The summed E-state index contributed by atoms with van der Waals surface area (Å²) in [6.07, 6.45) is 2.04. The molecule has 0 radical (unpaired) electrons. The zero-order chi connectivity index (χ0) is 21.0. The Bertz CT molecular complexity index is 808. The standard InChI is InChI=1S/C8H3ClFIN3.3C4H9.Sn/c9-5-1-2-6(8(11)7(5)10)14-4-3-12-13-14;3*1-4(2)3;/h1-2,4H;3*1-3H3;. The number of halogens is 3. The SMILES string of the molecule is C[C](C)(C)[Sn]([c]1cn(-c2ccc(Cl)c(F)c2I)nn1)([C](C)(C)C)[C](C)(C)C.